The highest BCUT2D eigenvalue weighted by atomic mass is 79.9. The highest BCUT2D eigenvalue weighted by Gasteiger charge is 2.02. The Hall–Kier alpha value is -0.370. The second kappa shape index (κ2) is 3.35. The first kappa shape index (κ1) is 8.72. The van der Waals surface area contributed by atoms with Crippen LogP contribution >= 0.6 is 15.9 Å². The summed E-state index contributed by atoms with van der Waals surface area (Å²) in [6, 6.07) is 5.07. The normalized spacial score (nSPS) is 10.6. The molecule has 0 aliphatic heterocycles. The van der Waals surface area contributed by atoms with Crippen LogP contribution in [0.5, 0.6) is 0 Å². The van der Waals surface area contributed by atoms with Gasteiger partial charge in [0.2, 0.25) is 0 Å². The Balaban J connectivity index is 3.05. The van der Waals surface area contributed by atoms with Crippen LogP contribution in [0.1, 0.15) is 18.4 Å². The average Bonchev–Trinajstić information content (AvgIpc) is 1.94. The lowest BCUT2D eigenvalue weighted by molar-refractivity contribution is 0.618. The molecule has 0 bridgehead atoms. The summed E-state index contributed by atoms with van der Waals surface area (Å²) in [5.74, 6) is -0.0874. The standard InChI is InChI=1S/C9H9BrF/c1-6(2)7-3-4-8(10)9(11)5-7/h3-6H,1H2,2H3. The number of hydrogen-bond donors (Lipinski definition) is 0. The van der Waals surface area contributed by atoms with Gasteiger partial charge in [0.05, 0.1) is 4.47 Å². The minimum atomic E-state index is -0.224. The van der Waals surface area contributed by atoms with Gasteiger partial charge >= 0.3 is 0 Å². The smallest absolute Gasteiger partial charge is 0.137 e. The molecule has 0 aliphatic carbocycles. The van der Waals surface area contributed by atoms with Gasteiger partial charge in [-0.3, -0.25) is 0 Å². The Bertz CT molecular complexity index is 256. The van der Waals surface area contributed by atoms with Crippen molar-refractivity contribution in [3.8, 4) is 0 Å². The van der Waals surface area contributed by atoms with Crippen LogP contribution in [0.4, 0.5) is 4.39 Å². The minimum Gasteiger partial charge on any atom is -0.206 e. The van der Waals surface area contributed by atoms with Crippen LogP contribution in [0.25, 0.3) is 0 Å². The molecule has 0 heterocycles. The third-order valence-corrected chi connectivity index (χ3v) is 2.16. The van der Waals surface area contributed by atoms with Crippen LogP contribution < -0.4 is 0 Å². The maximum Gasteiger partial charge on any atom is 0.137 e. The molecule has 1 rings (SSSR count). The van der Waals surface area contributed by atoms with Crippen molar-refractivity contribution >= 4 is 15.9 Å². The van der Waals surface area contributed by atoms with Gasteiger partial charge in [0, 0.05) is 0 Å². The quantitative estimate of drug-likeness (QED) is 0.673. The van der Waals surface area contributed by atoms with E-state index in [0.29, 0.717) is 4.47 Å². The molecule has 0 amide bonds. The molecule has 0 aliphatic rings. The topological polar surface area (TPSA) is 0 Å². The Morgan fingerprint density at radius 2 is 2.18 bits per heavy atom. The minimum absolute atomic E-state index is 0.137. The highest BCUT2D eigenvalue weighted by molar-refractivity contribution is 9.10. The van der Waals surface area contributed by atoms with Crippen LogP contribution in [0, 0.1) is 12.7 Å². The molecule has 0 saturated carbocycles. The van der Waals surface area contributed by atoms with E-state index < -0.39 is 0 Å². The van der Waals surface area contributed by atoms with Crippen molar-refractivity contribution in [3.63, 3.8) is 0 Å². The molecule has 1 aromatic rings. The van der Waals surface area contributed by atoms with Gasteiger partial charge in [0.25, 0.3) is 0 Å². The molecule has 0 spiro atoms. The Morgan fingerprint density at radius 1 is 1.55 bits per heavy atom. The van der Waals surface area contributed by atoms with Crippen LogP contribution in [0.2, 0.25) is 0 Å². The van der Waals surface area contributed by atoms with Crippen molar-refractivity contribution in [3.05, 3.63) is 41.0 Å². The molecule has 11 heavy (non-hydrogen) atoms. The molecule has 1 aromatic carbocycles. The molecule has 0 aromatic heterocycles. The van der Waals surface area contributed by atoms with Crippen LogP contribution in [-0.4, -0.2) is 0 Å². The second-order valence-electron chi connectivity index (χ2n) is 2.57. The molecule has 0 fully saturated rings. The van der Waals surface area contributed by atoms with Crippen molar-refractivity contribution < 1.29 is 4.39 Å². The van der Waals surface area contributed by atoms with Crippen LogP contribution in [0.3, 0.4) is 0 Å². The summed E-state index contributed by atoms with van der Waals surface area (Å²) < 4.78 is 13.4. The summed E-state index contributed by atoms with van der Waals surface area (Å²) in [6.07, 6.45) is 0. The monoisotopic (exact) mass is 215 g/mol. The summed E-state index contributed by atoms with van der Waals surface area (Å²) in [5.41, 5.74) is 0.922. The zero-order valence-electron chi connectivity index (χ0n) is 6.27. The summed E-state index contributed by atoms with van der Waals surface area (Å²) in [7, 11) is 0. The van der Waals surface area contributed by atoms with Gasteiger partial charge in [-0.25, -0.2) is 4.39 Å². The third kappa shape index (κ3) is 2.03. The summed E-state index contributed by atoms with van der Waals surface area (Å²) in [4.78, 5) is 0. The number of hydrogen-bond acceptors (Lipinski definition) is 0. The van der Waals surface area contributed by atoms with Gasteiger partial charge < -0.3 is 0 Å². The summed E-state index contributed by atoms with van der Waals surface area (Å²) >= 11 is 3.08. The van der Waals surface area contributed by atoms with Crippen molar-refractivity contribution in [1.82, 2.24) is 0 Å². The van der Waals surface area contributed by atoms with Gasteiger partial charge in [-0.1, -0.05) is 13.0 Å². The molecule has 0 N–H and O–H groups in total. The molecule has 1 radical (unpaired) electrons. The van der Waals surface area contributed by atoms with E-state index in [4.69, 9.17) is 0 Å². The maximum atomic E-state index is 12.9. The lowest BCUT2D eigenvalue weighted by Gasteiger charge is -2.04. The van der Waals surface area contributed by atoms with Gasteiger partial charge in [0.15, 0.2) is 0 Å². The Morgan fingerprint density at radius 3 is 2.64 bits per heavy atom. The predicted octanol–water partition coefficient (Wildman–Crippen LogP) is 3.53. The van der Waals surface area contributed by atoms with Gasteiger partial charge in [-0.05, 0) is 46.5 Å². The number of halogens is 2. The van der Waals surface area contributed by atoms with E-state index in [1.807, 2.05) is 13.0 Å². The SMILES string of the molecule is [CH2]C(C)c1ccc(Br)c(F)c1. The van der Waals surface area contributed by atoms with Crippen molar-refractivity contribution in [1.29, 1.82) is 0 Å². The lowest BCUT2D eigenvalue weighted by Crippen LogP contribution is -1.88. The zero-order chi connectivity index (χ0) is 8.43. The van der Waals surface area contributed by atoms with Crippen molar-refractivity contribution in [2.24, 2.45) is 0 Å². The first-order valence-corrected chi connectivity index (χ1v) is 4.18. The summed E-state index contributed by atoms with van der Waals surface area (Å²) in [5, 5.41) is 0. The maximum absolute atomic E-state index is 12.9. The van der Waals surface area contributed by atoms with E-state index >= 15 is 0 Å². The van der Waals surface area contributed by atoms with Crippen molar-refractivity contribution in [2.45, 2.75) is 12.8 Å². The average molecular weight is 216 g/mol. The molecule has 1 unspecified atom stereocenters. The molecule has 0 nitrogen and oxygen atoms in total. The van der Waals surface area contributed by atoms with E-state index in [9.17, 15) is 4.39 Å². The van der Waals surface area contributed by atoms with E-state index in [0.717, 1.165) is 5.56 Å². The largest absolute Gasteiger partial charge is 0.206 e. The fourth-order valence-electron chi connectivity index (χ4n) is 0.819. The first-order valence-electron chi connectivity index (χ1n) is 3.39. The fraction of sp³-hybridized carbons (Fsp3) is 0.222. The van der Waals surface area contributed by atoms with E-state index in [2.05, 4.69) is 22.9 Å². The molecule has 1 atom stereocenters. The summed E-state index contributed by atoms with van der Waals surface area (Å²) in [6.45, 7) is 5.73. The van der Waals surface area contributed by atoms with Crippen molar-refractivity contribution in [2.75, 3.05) is 0 Å². The zero-order valence-corrected chi connectivity index (χ0v) is 7.86. The number of rotatable bonds is 1. The molecule has 59 valence electrons. The van der Waals surface area contributed by atoms with E-state index in [1.165, 1.54) is 6.07 Å². The second-order valence-corrected chi connectivity index (χ2v) is 3.43. The van der Waals surface area contributed by atoms with Gasteiger partial charge in [0.1, 0.15) is 5.82 Å². The van der Waals surface area contributed by atoms with Crippen LogP contribution in [0.15, 0.2) is 22.7 Å². The van der Waals surface area contributed by atoms with Gasteiger partial charge in [-0.15, -0.1) is 0 Å². The fourth-order valence-corrected chi connectivity index (χ4v) is 1.07. The Kier molecular flexibility index (Phi) is 2.66. The van der Waals surface area contributed by atoms with Crippen LogP contribution in [-0.2, 0) is 0 Å². The molecular formula is C9H9BrF. The third-order valence-electron chi connectivity index (χ3n) is 1.51. The van der Waals surface area contributed by atoms with E-state index in [-0.39, 0.29) is 11.7 Å². The highest BCUT2D eigenvalue weighted by Crippen LogP contribution is 2.20. The number of benzene rings is 1. The predicted molar refractivity (Wildman–Crippen MR) is 47.9 cm³/mol. The lowest BCUT2D eigenvalue weighted by atomic mass is 10.0. The molecule has 2 heteroatoms. The van der Waals surface area contributed by atoms with E-state index in [1.54, 1.807) is 6.07 Å². The Labute approximate surface area is 74.6 Å². The first-order chi connectivity index (χ1) is 5.11. The molecule has 0 saturated heterocycles. The van der Waals surface area contributed by atoms with Gasteiger partial charge in [-0.2, -0.15) is 0 Å². The molecular weight excluding hydrogens is 207 g/mol.